The van der Waals surface area contributed by atoms with Crippen LogP contribution in [0.5, 0.6) is 0 Å². The van der Waals surface area contributed by atoms with Crippen LogP contribution in [0.3, 0.4) is 0 Å². The molecule has 2 nitrogen and oxygen atoms in total. The summed E-state index contributed by atoms with van der Waals surface area (Å²) in [5.74, 6) is 0. The van der Waals surface area contributed by atoms with Crippen LogP contribution in [-0.4, -0.2) is 4.57 Å². The molecule has 0 radical (unpaired) electrons. The van der Waals surface area contributed by atoms with E-state index in [4.69, 9.17) is 5.41 Å². The minimum Gasteiger partial charge on any atom is -0.348 e. The molecule has 1 heterocycles. The zero-order valence-corrected chi connectivity index (χ0v) is 16.5. The van der Waals surface area contributed by atoms with Crippen molar-refractivity contribution >= 4 is 17.0 Å². The molecule has 0 fully saturated rings. The second kappa shape index (κ2) is 9.05. The van der Waals surface area contributed by atoms with E-state index in [1.807, 2.05) is 0 Å². The highest BCUT2D eigenvalue weighted by molar-refractivity contribution is 8.93. The summed E-state index contributed by atoms with van der Waals surface area (Å²) in [6.07, 6.45) is 16.9. The summed E-state index contributed by atoms with van der Waals surface area (Å²) in [4.78, 5) is 0. The Labute approximate surface area is 152 Å². The van der Waals surface area contributed by atoms with E-state index >= 15 is 0 Å². The minimum atomic E-state index is 0. The van der Waals surface area contributed by atoms with Gasteiger partial charge in [-0.3, -0.25) is 0 Å². The third-order valence-corrected chi connectivity index (χ3v) is 5.62. The first kappa shape index (κ1) is 18.8. The van der Waals surface area contributed by atoms with Crippen molar-refractivity contribution in [3.8, 4) is 0 Å². The maximum absolute atomic E-state index is 8.50. The van der Waals surface area contributed by atoms with Gasteiger partial charge in [0.1, 0.15) is 0 Å². The zero-order valence-electron chi connectivity index (χ0n) is 14.8. The molecule has 0 amide bonds. The average molecular weight is 381 g/mol. The Morgan fingerprint density at radius 2 is 1.30 bits per heavy atom. The molecule has 0 spiro atoms. The Bertz CT molecular complexity index is 536. The fourth-order valence-electron chi connectivity index (χ4n) is 4.43. The van der Waals surface area contributed by atoms with Gasteiger partial charge in [0.15, 0.2) is 0 Å². The first-order chi connectivity index (χ1) is 10.8. The van der Waals surface area contributed by atoms with Gasteiger partial charge in [-0.2, -0.15) is 0 Å². The van der Waals surface area contributed by atoms with E-state index in [-0.39, 0.29) is 17.0 Å². The normalized spacial score (nSPS) is 15.3. The molecule has 2 aliphatic rings. The number of nitrogens with one attached hydrogen (secondary N) is 1. The lowest BCUT2D eigenvalue weighted by molar-refractivity contribution is 0.530. The van der Waals surface area contributed by atoms with E-state index < -0.39 is 0 Å². The van der Waals surface area contributed by atoms with Gasteiger partial charge in [0.25, 0.3) is 0 Å². The Morgan fingerprint density at radius 3 is 1.87 bits per heavy atom. The molecule has 0 unspecified atom stereocenters. The van der Waals surface area contributed by atoms with Crippen LogP contribution in [0.25, 0.3) is 0 Å². The number of hydrogen-bond acceptors (Lipinski definition) is 1. The van der Waals surface area contributed by atoms with Crippen molar-refractivity contribution < 1.29 is 0 Å². The number of nitrogens with zero attached hydrogens (tertiary/aromatic N) is 1. The van der Waals surface area contributed by atoms with E-state index in [1.54, 1.807) is 0 Å². The second-order valence-electron chi connectivity index (χ2n) is 7.21. The van der Waals surface area contributed by atoms with Crippen LogP contribution in [0.1, 0.15) is 87.2 Å². The third-order valence-electron chi connectivity index (χ3n) is 5.62. The van der Waals surface area contributed by atoms with E-state index in [1.165, 1.54) is 99.7 Å². The van der Waals surface area contributed by atoms with E-state index in [0.717, 1.165) is 18.2 Å². The van der Waals surface area contributed by atoms with Crippen LogP contribution in [0, 0.1) is 5.41 Å². The van der Waals surface area contributed by atoms with Crippen LogP contribution >= 0.6 is 17.0 Å². The summed E-state index contributed by atoms with van der Waals surface area (Å²) in [7, 11) is 0. The van der Waals surface area contributed by atoms with Crippen LogP contribution in [0.2, 0.25) is 0 Å². The van der Waals surface area contributed by atoms with Gasteiger partial charge in [0.05, 0.1) is 5.36 Å². The first-order valence-electron chi connectivity index (χ1n) is 9.63. The number of aromatic nitrogens is 1. The fraction of sp³-hybridized carbons (Fsp3) is 0.750. The smallest absolute Gasteiger partial charge is 0.0638 e. The van der Waals surface area contributed by atoms with Crippen molar-refractivity contribution in [2.75, 3.05) is 0 Å². The second-order valence-corrected chi connectivity index (χ2v) is 7.21. The van der Waals surface area contributed by atoms with Crippen molar-refractivity contribution in [1.29, 1.82) is 5.41 Å². The van der Waals surface area contributed by atoms with Gasteiger partial charge in [-0.1, -0.05) is 45.4 Å². The minimum absolute atomic E-state index is 0. The molecule has 2 aliphatic carbocycles. The molecule has 3 heteroatoms. The van der Waals surface area contributed by atoms with Gasteiger partial charge in [-0.05, 0) is 56.1 Å². The van der Waals surface area contributed by atoms with Crippen molar-refractivity contribution in [2.45, 2.75) is 96.9 Å². The van der Waals surface area contributed by atoms with Gasteiger partial charge < -0.3 is 9.98 Å². The SMILES string of the molecule is Br.CCCCCCCCCn1c2c(c(=N)c3c1CCC3)CCC2. The lowest BCUT2D eigenvalue weighted by Crippen LogP contribution is -2.22. The molecule has 0 saturated carbocycles. The fourth-order valence-corrected chi connectivity index (χ4v) is 4.43. The molecule has 23 heavy (non-hydrogen) atoms. The molecule has 0 aliphatic heterocycles. The summed E-state index contributed by atoms with van der Waals surface area (Å²) < 4.78 is 2.65. The summed E-state index contributed by atoms with van der Waals surface area (Å²) in [5.41, 5.74) is 5.83. The summed E-state index contributed by atoms with van der Waals surface area (Å²) in [6, 6.07) is 0. The van der Waals surface area contributed by atoms with Gasteiger partial charge in [-0.15, -0.1) is 17.0 Å². The largest absolute Gasteiger partial charge is 0.348 e. The molecule has 1 aromatic rings. The van der Waals surface area contributed by atoms with Crippen molar-refractivity contribution in [1.82, 2.24) is 4.57 Å². The molecular weight excluding hydrogens is 348 g/mol. The lowest BCUT2D eigenvalue weighted by atomic mass is 10.1. The van der Waals surface area contributed by atoms with Crippen LogP contribution in [0.4, 0.5) is 0 Å². The molecule has 0 aromatic carbocycles. The Morgan fingerprint density at radius 1 is 0.783 bits per heavy atom. The van der Waals surface area contributed by atoms with Crippen LogP contribution in [-0.2, 0) is 32.2 Å². The summed E-state index contributed by atoms with van der Waals surface area (Å²) >= 11 is 0. The van der Waals surface area contributed by atoms with E-state index in [9.17, 15) is 0 Å². The lowest BCUT2D eigenvalue weighted by Gasteiger charge is -2.19. The highest BCUT2D eigenvalue weighted by Crippen LogP contribution is 2.27. The molecule has 1 aromatic heterocycles. The first-order valence-corrected chi connectivity index (χ1v) is 9.63. The predicted molar refractivity (Wildman–Crippen MR) is 103 cm³/mol. The number of pyridine rings is 1. The number of rotatable bonds is 8. The highest BCUT2D eigenvalue weighted by Gasteiger charge is 2.24. The van der Waals surface area contributed by atoms with Gasteiger partial charge in [0, 0.05) is 17.9 Å². The molecule has 0 atom stereocenters. The predicted octanol–water partition coefficient (Wildman–Crippen LogP) is 5.27. The molecular formula is C20H33BrN2. The van der Waals surface area contributed by atoms with E-state index in [2.05, 4.69) is 11.5 Å². The Kier molecular flexibility index (Phi) is 7.39. The monoisotopic (exact) mass is 380 g/mol. The summed E-state index contributed by atoms with van der Waals surface area (Å²) in [5, 5.41) is 9.41. The third kappa shape index (κ3) is 4.10. The molecule has 130 valence electrons. The number of fused-ring (bicyclic) bond motifs is 2. The van der Waals surface area contributed by atoms with Crippen LogP contribution < -0.4 is 5.36 Å². The van der Waals surface area contributed by atoms with Crippen molar-refractivity contribution in [3.63, 3.8) is 0 Å². The molecule has 1 N–H and O–H groups in total. The maximum Gasteiger partial charge on any atom is 0.0638 e. The molecule has 3 rings (SSSR count). The van der Waals surface area contributed by atoms with Gasteiger partial charge in [0.2, 0.25) is 0 Å². The highest BCUT2D eigenvalue weighted by atomic mass is 79.9. The molecule has 0 saturated heterocycles. The number of halogens is 1. The number of unbranched alkanes of at least 4 members (excludes halogenated alkanes) is 6. The van der Waals surface area contributed by atoms with Crippen molar-refractivity contribution in [3.05, 3.63) is 27.9 Å². The standard InChI is InChI=1S/C20H32N2.BrH/c1-2-3-4-5-6-7-8-15-22-18-13-9-11-16(18)20(21)17-12-10-14-19(17)22;/h21H,2-15H2,1H3;1H. The van der Waals surface area contributed by atoms with Crippen molar-refractivity contribution in [2.24, 2.45) is 0 Å². The quantitative estimate of drug-likeness (QED) is 0.594. The van der Waals surface area contributed by atoms with Gasteiger partial charge >= 0.3 is 0 Å². The van der Waals surface area contributed by atoms with Crippen LogP contribution in [0.15, 0.2) is 0 Å². The topological polar surface area (TPSA) is 28.8 Å². The summed E-state index contributed by atoms with van der Waals surface area (Å²) in [6.45, 7) is 3.49. The Balaban J connectivity index is 0.00000192. The zero-order chi connectivity index (χ0) is 15.4. The van der Waals surface area contributed by atoms with Gasteiger partial charge in [-0.25, -0.2) is 0 Å². The Hall–Kier alpha value is -0.570. The molecule has 0 bridgehead atoms. The average Bonchev–Trinajstić information content (AvgIpc) is 3.18. The maximum atomic E-state index is 8.50. The number of hydrogen-bond donors (Lipinski definition) is 1. The van der Waals surface area contributed by atoms with E-state index in [0.29, 0.717) is 0 Å².